The van der Waals surface area contributed by atoms with Gasteiger partial charge in [-0.2, -0.15) is 0 Å². The van der Waals surface area contributed by atoms with E-state index in [1.807, 2.05) is 18.2 Å². The first-order valence-corrected chi connectivity index (χ1v) is 4.10. The highest BCUT2D eigenvalue weighted by molar-refractivity contribution is 8.12. The van der Waals surface area contributed by atoms with Gasteiger partial charge in [0.15, 0.2) is 0 Å². The van der Waals surface area contributed by atoms with Gasteiger partial charge >= 0.3 is 0 Å². The molecule has 5 heteroatoms. The Hall–Kier alpha value is -0.740. The maximum absolute atomic E-state index is 10.3. The zero-order chi connectivity index (χ0) is 8.10. The average molecular weight is 205 g/mol. The molecule has 1 rings (SSSR count). The fourth-order valence-corrected chi connectivity index (χ4v) is 1.09. The number of hydrogen-bond donors (Lipinski definition) is 1. The Balaban J connectivity index is 0.00000121. The summed E-state index contributed by atoms with van der Waals surface area (Å²) in [6.07, 6.45) is 1.69. The highest BCUT2D eigenvalue weighted by atomic mass is 35.5. The standard InChI is InChI=1S/C7H8N2OS.ClH/c8-7(10)11-5-6-3-1-2-4-9-6;/h1-4H,5H2,(H2,8,10);1H. The van der Waals surface area contributed by atoms with Gasteiger partial charge in [0.2, 0.25) is 0 Å². The highest BCUT2D eigenvalue weighted by Crippen LogP contribution is 2.07. The van der Waals surface area contributed by atoms with Crippen molar-refractivity contribution in [1.29, 1.82) is 0 Å². The Morgan fingerprint density at radius 2 is 2.33 bits per heavy atom. The minimum absolute atomic E-state index is 0. The summed E-state index contributed by atoms with van der Waals surface area (Å²) in [5.74, 6) is 0.552. The number of hydrogen-bond acceptors (Lipinski definition) is 3. The molecule has 0 spiro atoms. The molecule has 0 fully saturated rings. The van der Waals surface area contributed by atoms with Crippen LogP contribution in [0.3, 0.4) is 0 Å². The van der Waals surface area contributed by atoms with Gasteiger partial charge in [0.25, 0.3) is 5.24 Å². The largest absolute Gasteiger partial charge is 0.361 e. The zero-order valence-electron chi connectivity index (χ0n) is 6.27. The Morgan fingerprint density at radius 1 is 1.58 bits per heavy atom. The van der Waals surface area contributed by atoms with Crippen LogP contribution in [-0.2, 0) is 5.75 Å². The number of primary amides is 1. The molecule has 0 atom stereocenters. The van der Waals surface area contributed by atoms with Crippen LogP contribution in [0.1, 0.15) is 5.69 Å². The van der Waals surface area contributed by atoms with Crippen molar-refractivity contribution in [2.45, 2.75) is 5.75 Å². The number of amides is 1. The van der Waals surface area contributed by atoms with E-state index in [1.165, 1.54) is 0 Å². The first-order chi connectivity index (χ1) is 5.29. The number of carbonyl (C=O) groups is 1. The molecule has 1 amide bonds. The second kappa shape index (κ2) is 5.85. The SMILES string of the molecule is Cl.NC(=O)SCc1ccccn1. The van der Waals surface area contributed by atoms with E-state index in [-0.39, 0.29) is 17.6 Å². The summed E-state index contributed by atoms with van der Waals surface area (Å²) in [7, 11) is 0. The predicted molar refractivity (Wildman–Crippen MR) is 52.4 cm³/mol. The number of aromatic nitrogens is 1. The molecule has 0 radical (unpaired) electrons. The van der Waals surface area contributed by atoms with Crippen molar-refractivity contribution in [1.82, 2.24) is 4.98 Å². The lowest BCUT2D eigenvalue weighted by atomic mass is 10.4. The normalized spacial score (nSPS) is 8.67. The second-order valence-electron chi connectivity index (χ2n) is 1.93. The minimum Gasteiger partial charge on any atom is -0.361 e. The van der Waals surface area contributed by atoms with Crippen molar-refractivity contribution in [3.63, 3.8) is 0 Å². The van der Waals surface area contributed by atoms with Crippen LogP contribution in [-0.4, -0.2) is 10.2 Å². The summed E-state index contributed by atoms with van der Waals surface area (Å²) in [5.41, 5.74) is 5.81. The molecule has 3 nitrogen and oxygen atoms in total. The zero-order valence-corrected chi connectivity index (χ0v) is 7.90. The van der Waals surface area contributed by atoms with Crippen molar-refractivity contribution in [3.05, 3.63) is 30.1 Å². The monoisotopic (exact) mass is 204 g/mol. The van der Waals surface area contributed by atoms with E-state index in [1.54, 1.807) is 6.20 Å². The molecular formula is C7H9ClN2OS. The Labute approximate surface area is 81.2 Å². The molecule has 1 aromatic heterocycles. The predicted octanol–water partition coefficient (Wildman–Crippen LogP) is 1.82. The van der Waals surface area contributed by atoms with Crippen molar-refractivity contribution >= 4 is 29.4 Å². The van der Waals surface area contributed by atoms with E-state index in [4.69, 9.17) is 5.73 Å². The summed E-state index contributed by atoms with van der Waals surface area (Å²) in [6, 6.07) is 5.57. The number of carbonyl (C=O) groups excluding carboxylic acids is 1. The minimum atomic E-state index is -0.365. The van der Waals surface area contributed by atoms with Gasteiger partial charge in [-0.1, -0.05) is 17.8 Å². The first-order valence-electron chi connectivity index (χ1n) is 3.11. The van der Waals surface area contributed by atoms with E-state index in [9.17, 15) is 4.79 Å². The van der Waals surface area contributed by atoms with Crippen LogP contribution in [0.25, 0.3) is 0 Å². The third kappa shape index (κ3) is 4.20. The van der Waals surface area contributed by atoms with Crippen LogP contribution in [0.2, 0.25) is 0 Å². The van der Waals surface area contributed by atoms with E-state index in [0.717, 1.165) is 17.5 Å². The van der Waals surface area contributed by atoms with Crippen molar-refractivity contribution in [2.75, 3.05) is 0 Å². The van der Waals surface area contributed by atoms with Crippen LogP contribution >= 0.6 is 24.2 Å². The molecule has 66 valence electrons. The van der Waals surface area contributed by atoms with Gasteiger partial charge in [-0.15, -0.1) is 12.4 Å². The quantitative estimate of drug-likeness (QED) is 0.800. The number of rotatable bonds is 2. The van der Waals surface area contributed by atoms with Gasteiger partial charge in [0.05, 0.1) is 5.69 Å². The van der Waals surface area contributed by atoms with Crippen molar-refractivity contribution < 1.29 is 4.79 Å². The number of halogens is 1. The number of nitrogens with zero attached hydrogens (tertiary/aromatic N) is 1. The summed E-state index contributed by atoms with van der Waals surface area (Å²) < 4.78 is 0. The molecular weight excluding hydrogens is 196 g/mol. The van der Waals surface area contributed by atoms with E-state index in [2.05, 4.69) is 4.98 Å². The molecule has 0 aliphatic carbocycles. The van der Waals surface area contributed by atoms with Gasteiger partial charge in [0.1, 0.15) is 0 Å². The highest BCUT2D eigenvalue weighted by Gasteiger charge is 1.96. The maximum Gasteiger partial charge on any atom is 0.276 e. The van der Waals surface area contributed by atoms with Crippen LogP contribution in [0.5, 0.6) is 0 Å². The first kappa shape index (κ1) is 11.3. The topological polar surface area (TPSA) is 56.0 Å². The molecule has 0 unspecified atom stereocenters. The van der Waals surface area contributed by atoms with Gasteiger partial charge in [-0.05, 0) is 12.1 Å². The van der Waals surface area contributed by atoms with Gasteiger partial charge in [-0.25, -0.2) is 0 Å². The lowest BCUT2D eigenvalue weighted by Gasteiger charge is -1.94. The molecule has 0 saturated carbocycles. The lowest BCUT2D eigenvalue weighted by Crippen LogP contribution is -2.02. The Kier molecular flexibility index (Phi) is 5.49. The third-order valence-corrected chi connectivity index (χ3v) is 1.81. The van der Waals surface area contributed by atoms with E-state index >= 15 is 0 Å². The summed E-state index contributed by atoms with van der Waals surface area (Å²) in [6.45, 7) is 0. The molecule has 0 aromatic carbocycles. The number of thioether (sulfide) groups is 1. The van der Waals surface area contributed by atoms with Gasteiger partial charge in [0, 0.05) is 11.9 Å². The third-order valence-electron chi connectivity index (χ3n) is 1.09. The van der Waals surface area contributed by atoms with Crippen LogP contribution in [0.4, 0.5) is 4.79 Å². The summed E-state index contributed by atoms with van der Waals surface area (Å²) in [4.78, 5) is 14.4. The van der Waals surface area contributed by atoms with E-state index < -0.39 is 0 Å². The smallest absolute Gasteiger partial charge is 0.276 e. The number of pyridine rings is 1. The molecule has 1 heterocycles. The molecule has 0 aliphatic heterocycles. The fourth-order valence-electron chi connectivity index (χ4n) is 0.629. The molecule has 2 N–H and O–H groups in total. The maximum atomic E-state index is 10.3. The second-order valence-corrected chi connectivity index (χ2v) is 2.91. The summed E-state index contributed by atoms with van der Waals surface area (Å²) in [5, 5.41) is -0.365. The molecule has 0 bridgehead atoms. The molecule has 12 heavy (non-hydrogen) atoms. The summed E-state index contributed by atoms with van der Waals surface area (Å²) >= 11 is 1.06. The fraction of sp³-hybridized carbons (Fsp3) is 0.143. The number of nitrogens with two attached hydrogens (primary N) is 1. The van der Waals surface area contributed by atoms with Crippen molar-refractivity contribution in [3.8, 4) is 0 Å². The van der Waals surface area contributed by atoms with Crippen LogP contribution < -0.4 is 5.73 Å². The molecule has 0 saturated heterocycles. The van der Waals surface area contributed by atoms with Crippen LogP contribution in [0, 0.1) is 0 Å². The molecule has 0 aliphatic rings. The van der Waals surface area contributed by atoms with Crippen molar-refractivity contribution in [2.24, 2.45) is 5.73 Å². The van der Waals surface area contributed by atoms with E-state index in [0.29, 0.717) is 5.75 Å². The Morgan fingerprint density at radius 3 is 2.83 bits per heavy atom. The molecule has 1 aromatic rings. The average Bonchev–Trinajstić information content (AvgIpc) is 2.03. The van der Waals surface area contributed by atoms with Gasteiger partial charge < -0.3 is 5.73 Å². The lowest BCUT2D eigenvalue weighted by molar-refractivity contribution is 0.267. The Bertz CT molecular complexity index is 242. The van der Waals surface area contributed by atoms with Gasteiger partial charge in [-0.3, -0.25) is 9.78 Å². The van der Waals surface area contributed by atoms with Crippen LogP contribution in [0.15, 0.2) is 24.4 Å².